The SMILES string of the molecule is CCc1ccc(N2CCC(C(=O)NCc3cc(C)ccc3C)C2=O)cc1. The molecule has 136 valence electrons. The molecule has 0 spiro atoms. The zero-order valence-corrected chi connectivity index (χ0v) is 15.7. The number of carbonyl (C=O) groups is 2. The molecule has 0 radical (unpaired) electrons. The van der Waals surface area contributed by atoms with E-state index in [4.69, 9.17) is 0 Å². The summed E-state index contributed by atoms with van der Waals surface area (Å²) in [7, 11) is 0. The second-order valence-corrected chi connectivity index (χ2v) is 7.00. The van der Waals surface area contributed by atoms with Gasteiger partial charge in [0.2, 0.25) is 11.8 Å². The Bertz CT molecular complexity index is 811. The van der Waals surface area contributed by atoms with Gasteiger partial charge in [-0.05, 0) is 55.5 Å². The van der Waals surface area contributed by atoms with Crippen molar-refractivity contribution in [2.45, 2.75) is 40.2 Å². The molecule has 2 amide bonds. The molecular weight excluding hydrogens is 324 g/mol. The number of benzene rings is 2. The first kappa shape index (κ1) is 18.2. The Labute approximate surface area is 155 Å². The van der Waals surface area contributed by atoms with Gasteiger partial charge in [0, 0.05) is 18.8 Å². The van der Waals surface area contributed by atoms with E-state index < -0.39 is 5.92 Å². The van der Waals surface area contributed by atoms with Crippen LogP contribution in [0, 0.1) is 19.8 Å². The molecule has 2 aromatic rings. The van der Waals surface area contributed by atoms with Gasteiger partial charge in [-0.1, -0.05) is 42.8 Å². The van der Waals surface area contributed by atoms with Crippen LogP contribution in [0.3, 0.4) is 0 Å². The highest BCUT2D eigenvalue weighted by atomic mass is 16.2. The first-order chi connectivity index (χ1) is 12.5. The van der Waals surface area contributed by atoms with Gasteiger partial charge in [-0.15, -0.1) is 0 Å². The van der Waals surface area contributed by atoms with Gasteiger partial charge in [0.05, 0.1) is 0 Å². The quantitative estimate of drug-likeness (QED) is 0.839. The number of nitrogens with one attached hydrogen (secondary N) is 1. The summed E-state index contributed by atoms with van der Waals surface area (Å²) in [6.07, 6.45) is 1.53. The molecule has 1 aliphatic heterocycles. The van der Waals surface area contributed by atoms with Crippen molar-refractivity contribution in [3.63, 3.8) is 0 Å². The summed E-state index contributed by atoms with van der Waals surface area (Å²) in [5.41, 5.74) is 5.51. The predicted molar refractivity (Wildman–Crippen MR) is 104 cm³/mol. The molecule has 1 heterocycles. The fourth-order valence-corrected chi connectivity index (χ4v) is 3.39. The fourth-order valence-electron chi connectivity index (χ4n) is 3.39. The van der Waals surface area contributed by atoms with Gasteiger partial charge in [-0.25, -0.2) is 0 Å². The Balaban J connectivity index is 1.63. The maximum atomic E-state index is 12.7. The van der Waals surface area contributed by atoms with Crippen molar-refractivity contribution in [3.8, 4) is 0 Å². The number of carbonyl (C=O) groups excluding carboxylic acids is 2. The van der Waals surface area contributed by atoms with Crippen LogP contribution in [0.15, 0.2) is 42.5 Å². The normalized spacial score (nSPS) is 16.8. The lowest BCUT2D eigenvalue weighted by Crippen LogP contribution is -2.36. The molecule has 1 N–H and O–H groups in total. The van der Waals surface area contributed by atoms with Crippen LogP contribution < -0.4 is 10.2 Å². The van der Waals surface area contributed by atoms with Crippen LogP contribution in [0.4, 0.5) is 5.69 Å². The zero-order chi connectivity index (χ0) is 18.7. The maximum Gasteiger partial charge on any atom is 0.239 e. The molecule has 1 aliphatic rings. The Morgan fingerprint density at radius 2 is 1.88 bits per heavy atom. The Kier molecular flexibility index (Phi) is 5.40. The first-order valence-electron chi connectivity index (χ1n) is 9.23. The third-order valence-electron chi connectivity index (χ3n) is 5.14. The number of nitrogens with zero attached hydrogens (tertiary/aromatic N) is 1. The average Bonchev–Trinajstić information content (AvgIpc) is 3.04. The molecule has 4 nitrogen and oxygen atoms in total. The molecule has 0 aliphatic carbocycles. The van der Waals surface area contributed by atoms with E-state index in [1.54, 1.807) is 4.90 Å². The van der Waals surface area contributed by atoms with E-state index in [1.165, 1.54) is 11.1 Å². The van der Waals surface area contributed by atoms with Gasteiger partial charge >= 0.3 is 0 Å². The lowest BCUT2D eigenvalue weighted by Gasteiger charge is -2.17. The van der Waals surface area contributed by atoms with Gasteiger partial charge < -0.3 is 10.2 Å². The molecule has 0 bridgehead atoms. The number of amides is 2. The minimum atomic E-state index is -0.592. The monoisotopic (exact) mass is 350 g/mol. The smallest absolute Gasteiger partial charge is 0.239 e. The van der Waals surface area contributed by atoms with Crippen LogP contribution in [0.1, 0.15) is 35.6 Å². The van der Waals surface area contributed by atoms with Crippen molar-refractivity contribution in [1.29, 1.82) is 0 Å². The molecule has 1 saturated heterocycles. The molecule has 2 aromatic carbocycles. The number of rotatable bonds is 5. The van der Waals surface area contributed by atoms with Crippen LogP contribution in [-0.2, 0) is 22.6 Å². The zero-order valence-electron chi connectivity index (χ0n) is 15.7. The summed E-state index contributed by atoms with van der Waals surface area (Å²) in [6.45, 7) is 7.22. The van der Waals surface area contributed by atoms with Crippen LogP contribution in [0.25, 0.3) is 0 Å². The van der Waals surface area contributed by atoms with Crippen LogP contribution in [0.5, 0.6) is 0 Å². The van der Waals surface area contributed by atoms with Crippen LogP contribution in [-0.4, -0.2) is 18.4 Å². The van der Waals surface area contributed by atoms with Gasteiger partial charge in [-0.3, -0.25) is 9.59 Å². The summed E-state index contributed by atoms with van der Waals surface area (Å²) in [5, 5.41) is 2.94. The third-order valence-corrected chi connectivity index (χ3v) is 5.14. The standard InChI is InChI=1S/C22H26N2O2/c1-4-17-7-9-19(10-8-17)24-12-11-20(22(24)26)21(25)23-14-18-13-15(2)5-6-16(18)3/h5-10,13,20H,4,11-12,14H2,1-3H3,(H,23,25). The van der Waals surface area contributed by atoms with E-state index in [-0.39, 0.29) is 11.8 Å². The van der Waals surface area contributed by atoms with Gasteiger partial charge in [0.25, 0.3) is 0 Å². The van der Waals surface area contributed by atoms with Crippen molar-refractivity contribution in [1.82, 2.24) is 5.32 Å². The van der Waals surface area contributed by atoms with Gasteiger partial charge in [0.15, 0.2) is 0 Å². The molecule has 1 unspecified atom stereocenters. The molecule has 1 fully saturated rings. The van der Waals surface area contributed by atoms with Crippen molar-refractivity contribution >= 4 is 17.5 Å². The second-order valence-electron chi connectivity index (χ2n) is 7.00. The van der Waals surface area contributed by atoms with E-state index in [2.05, 4.69) is 30.4 Å². The second kappa shape index (κ2) is 7.73. The largest absolute Gasteiger partial charge is 0.351 e. The number of hydrogen-bond acceptors (Lipinski definition) is 2. The van der Waals surface area contributed by atoms with Crippen molar-refractivity contribution in [2.75, 3.05) is 11.4 Å². The average molecular weight is 350 g/mol. The molecule has 0 saturated carbocycles. The van der Waals surface area contributed by atoms with Crippen molar-refractivity contribution in [3.05, 3.63) is 64.7 Å². The molecular formula is C22H26N2O2. The Morgan fingerprint density at radius 1 is 1.15 bits per heavy atom. The maximum absolute atomic E-state index is 12.7. The minimum Gasteiger partial charge on any atom is -0.351 e. The Morgan fingerprint density at radius 3 is 2.58 bits per heavy atom. The summed E-state index contributed by atoms with van der Waals surface area (Å²) in [5.74, 6) is -0.873. The third kappa shape index (κ3) is 3.79. The highest BCUT2D eigenvalue weighted by Crippen LogP contribution is 2.26. The topological polar surface area (TPSA) is 49.4 Å². The summed E-state index contributed by atoms with van der Waals surface area (Å²) in [4.78, 5) is 27.0. The molecule has 4 heteroatoms. The molecule has 0 aromatic heterocycles. The van der Waals surface area contributed by atoms with E-state index in [0.717, 1.165) is 23.2 Å². The van der Waals surface area contributed by atoms with Crippen LogP contribution in [0.2, 0.25) is 0 Å². The number of aryl methyl sites for hydroxylation is 3. The first-order valence-corrected chi connectivity index (χ1v) is 9.23. The molecule has 1 atom stereocenters. The van der Waals surface area contributed by atoms with Crippen LogP contribution >= 0.6 is 0 Å². The molecule has 3 rings (SSSR count). The van der Waals surface area contributed by atoms with Gasteiger partial charge in [-0.2, -0.15) is 0 Å². The fraction of sp³-hybridized carbons (Fsp3) is 0.364. The highest BCUT2D eigenvalue weighted by molar-refractivity contribution is 6.09. The van der Waals surface area contributed by atoms with E-state index >= 15 is 0 Å². The van der Waals surface area contributed by atoms with Crippen molar-refractivity contribution < 1.29 is 9.59 Å². The predicted octanol–water partition coefficient (Wildman–Crippen LogP) is 3.54. The van der Waals surface area contributed by atoms with Gasteiger partial charge in [0.1, 0.15) is 5.92 Å². The van der Waals surface area contributed by atoms with E-state index in [1.807, 2.05) is 38.1 Å². The van der Waals surface area contributed by atoms with E-state index in [9.17, 15) is 9.59 Å². The molecule has 26 heavy (non-hydrogen) atoms. The summed E-state index contributed by atoms with van der Waals surface area (Å²) in [6, 6.07) is 14.2. The number of hydrogen-bond donors (Lipinski definition) is 1. The lowest BCUT2D eigenvalue weighted by atomic mass is 10.0. The highest BCUT2D eigenvalue weighted by Gasteiger charge is 2.37. The minimum absolute atomic E-state index is 0.104. The van der Waals surface area contributed by atoms with E-state index in [0.29, 0.717) is 19.5 Å². The summed E-state index contributed by atoms with van der Waals surface area (Å²) >= 11 is 0. The summed E-state index contributed by atoms with van der Waals surface area (Å²) < 4.78 is 0. The Hall–Kier alpha value is -2.62. The number of anilines is 1. The lowest BCUT2D eigenvalue weighted by molar-refractivity contribution is -0.132. The van der Waals surface area contributed by atoms with Crippen molar-refractivity contribution in [2.24, 2.45) is 5.92 Å².